The van der Waals surface area contributed by atoms with Crippen molar-refractivity contribution in [2.24, 2.45) is 0 Å². The van der Waals surface area contributed by atoms with Crippen LogP contribution in [0, 0.1) is 0 Å². The van der Waals surface area contributed by atoms with Crippen molar-refractivity contribution >= 4 is 54.1 Å². The standard InChI is InChI=1S/C43H26N4/c1-2-13-40-34(11-1)35-20-22-44-26-41(35)47(40)32-10-6-9-30(23-32)38-24-31(25-39(46-38)37-12-3-4-21-45-37)33-18-16-29-15-14-27-7-5-8-28-17-19-36(33)43(29)42(27)28/h1-26H. The molecule has 0 amide bonds. The number of aromatic nitrogens is 4. The first kappa shape index (κ1) is 25.9. The van der Waals surface area contributed by atoms with Gasteiger partial charge in [-0.05, 0) is 92.0 Å². The van der Waals surface area contributed by atoms with Gasteiger partial charge in [0.2, 0.25) is 0 Å². The highest BCUT2D eigenvalue weighted by Crippen LogP contribution is 2.41. The van der Waals surface area contributed by atoms with Crippen molar-refractivity contribution < 1.29 is 0 Å². The van der Waals surface area contributed by atoms with Crippen LogP contribution < -0.4 is 0 Å². The van der Waals surface area contributed by atoms with E-state index in [0.29, 0.717) is 0 Å². The van der Waals surface area contributed by atoms with Crippen molar-refractivity contribution in [3.05, 3.63) is 158 Å². The summed E-state index contributed by atoms with van der Waals surface area (Å²) in [6, 6.07) is 49.7. The molecule has 0 saturated heterocycles. The van der Waals surface area contributed by atoms with Crippen LogP contribution in [0.5, 0.6) is 0 Å². The summed E-state index contributed by atoms with van der Waals surface area (Å²) in [5, 5.41) is 10.0. The largest absolute Gasteiger partial charge is 0.308 e. The zero-order chi connectivity index (χ0) is 30.9. The molecule has 0 radical (unpaired) electrons. The highest BCUT2D eigenvalue weighted by molar-refractivity contribution is 6.25. The number of rotatable bonds is 4. The van der Waals surface area contributed by atoms with E-state index in [1.807, 2.05) is 36.8 Å². The van der Waals surface area contributed by atoms with E-state index in [2.05, 4.69) is 131 Å². The van der Waals surface area contributed by atoms with Gasteiger partial charge in [-0.1, -0.05) is 91.0 Å². The van der Waals surface area contributed by atoms with E-state index in [1.54, 1.807) is 0 Å². The molecule has 0 unspecified atom stereocenters. The average molecular weight is 599 g/mol. The van der Waals surface area contributed by atoms with Gasteiger partial charge in [0.25, 0.3) is 0 Å². The maximum Gasteiger partial charge on any atom is 0.0899 e. The Morgan fingerprint density at radius 1 is 0.447 bits per heavy atom. The van der Waals surface area contributed by atoms with E-state index in [0.717, 1.165) is 44.9 Å². The lowest BCUT2D eigenvalue weighted by atomic mass is 9.89. The molecule has 4 heterocycles. The highest BCUT2D eigenvalue weighted by Gasteiger charge is 2.17. The van der Waals surface area contributed by atoms with Crippen molar-refractivity contribution in [2.45, 2.75) is 0 Å². The molecule has 0 aliphatic rings. The molecule has 10 aromatic rings. The summed E-state index contributed by atoms with van der Waals surface area (Å²) < 4.78 is 2.30. The van der Waals surface area contributed by atoms with E-state index >= 15 is 0 Å². The van der Waals surface area contributed by atoms with Gasteiger partial charge in [-0.25, -0.2) is 4.98 Å². The molecule has 10 rings (SSSR count). The molecule has 0 saturated carbocycles. The van der Waals surface area contributed by atoms with Crippen molar-refractivity contribution in [2.75, 3.05) is 0 Å². The fourth-order valence-corrected chi connectivity index (χ4v) is 7.37. The summed E-state index contributed by atoms with van der Waals surface area (Å²) >= 11 is 0. The molecule has 4 heteroatoms. The van der Waals surface area contributed by atoms with Gasteiger partial charge in [-0.3, -0.25) is 9.97 Å². The summed E-state index contributed by atoms with van der Waals surface area (Å²) in [6.45, 7) is 0. The lowest BCUT2D eigenvalue weighted by molar-refractivity contribution is 1.16. The van der Waals surface area contributed by atoms with Gasteiger partial charge in [-0.2, -0.15) is 0 Å². The van der Waals surface area contributed by atoms with Crippen LogP contribution in [0.15, 0.2) is 158 Å². The van der Waals surface area contributed by atoms with Gasteiger partial charge in [0.15, 0.2) is 0 Å². The van der Waals surface area contributed by atoms with Crippen LogP contribution in [0.3, 0.4) is 0 Å². The summed E-state index contributed by atoms with van der Waals surface area (Å²) in [6.07, 6.45) is 5.65. The minimum Gasteiger partial charge on any atom is -0.308 e. The molecule has 0 aliphatic carbocycles. The molecular weight excluding hydrogens is 573 g/mol. The third kappa shape index (κ3) is 3.98. The first-order valence-corrected chi connectivity index (χ1v) is 15.8. The van der Waals surface area contributed by atoms with Crippen LogP contribution in [0.1, 0.15) is 0 Å². The number of hydrogen-bond acceptors (Lipinski definition) is 3. The number of fused-ring (bicyclic) bond motifs is 3. The van der Waals surface area contributed by atoms with Crippen LogP contribution in [-0.2, 0) is 0 Å². The van der Waals surface area contributed by atoms with Gasteiger partial charge in [-0.15, -0.1) is 0 Å². The number of hydrogen-bond donors (Lipinski definition) is 0. The van der Waals surface area contributed by atoms with Gasteiger partial charge < -0.3 is 4.57 Å². The molecule has 0 atom stereocenters. The van der Waals surface area contributed by atoms with Gasteiger partial charge in [0, 0.05) is 34.4 Å². The summed E-state index contributed by atoms with van der Waals surface area (Å²) in [5.41, 5.74) is 9.21. The van der Waals surface area contributed by atoms with Crippen molar-refractivity contribution in [1.29, 1.82) is 0 Å². The SMILES string of the molecule is c1ccc(-c2cc(-c3ccc4ccc5cccc6ccc3c4c56)cc(-c3cccc(-n4c5ccccc5c5ccncc54)c3)n2)nc1. The van der Waals surface area contributed by atoms with E-state index in [1.165, 1.54) is 48.7 Å². The first-order chi connectivity index (χ1) is 23.3. The fraction of sp³-hybridized carbons (Fsp3) is 0. The Bertz CT molecular complexity index is 2730. The van der Waals surface area contributed by atoms with Crippen LogP contribution in [0.4, 0.5) is 0 Å². The molecule has 0 aliphatic heterocycles. The van der Waals surface area contributed by atoms with Crippen molar-refractivity contribution in [3.8, 4) is 39.5 Å². The fourth-order valence-electron chi connectivity index (χ4n) is 7.37. The Labute approximate surface area is 270 Å². The minimum absolute atomic E-state index is 0.843. The Morgan fingerprint density at radius 2 is 1.21 bits per heavy atom. The van der Waals surface area contributed by atoms with Crippen LogP contribution in [0.25, 0.3) is 93.6 Å². The third-order valence-electron chi connectivity index (χ3n) is 9.47. The summed E-state index contributed by atoms with van der Waals surface area (Å²) in [7, 11) is 0. The molecular formula is C43H26N4. The highest BCUT2D eigenvalue weighted by atomic mass is 15.0. The monoisotopic (exact) mass is 598 g/mol. The predicted molar refractivity (Wildman–Crippen MR) is 194 cm³/mol. The second-order valence-corrected chi connectivity index (χ2v) is 12.1. The van der Waals surface area contributed by atoms with Crippen LogP contribution >= 0.6 is 0 Å². The maximum absolute atomic E-state index is 5.22. The van der Waals surface area contributed by atoms with Crippen molar-refractivity contribution in [3.63, 3.8) is 0 Å². The van der Waals surface area contributed by atoms with E-state index in [9.17, 15) is 0 Å². The molecule has 6 aromatic carbocycles. The Kier molecular flexibility index (Phi) is 5.54. The van der Waals surface area contributed by atoms with Crippen LogP contribution in [0.2, 0.25) is 0 Å². The minimum atomic E-state index is 0.843. The molecule has 0 spiro atoms. The summed E-state index contributed by atoms with van der Waals surface area (Å²) in [5.74, 6) is 0. The second kappa shape index (κ2) is 10.1. The van der Waals surface area contributed by atoms with Gasteiger partial charge >= 0.3 is 0 Å². The number of para-hydroxylation sites is 1. The molecule has 47 heavy (non-hydrogen) atoms. The Balaban J connectivity index is 1.21. The number of nitrogens with zero attached hydrogens (tertiary/aromatic N) is 4. The molecule has 4 aromatic heterocycles. The Hall–Kier alpha value is -6.39. The lowest BCUT2D eigenvalue weighted by Crippen LogP contribution is -1.96. The normalized spacial score (nSPS) is 11.8. The number of benzene rings is 6. The molecule has 218 valence electrons. The third-order valence-corrected chi connectivity index (χ3v) is 9.47. The Morgan fingerprint density at radius 3 is 2.11 bits per heavy atom. The smallest absolute Gasteiger partial charge is 0.0899 e. The summed E-state index contributed by atoms with van der Waals surface area (Å²) in [4.78, 5) is 14.4. The molecule has 0 N–H and O–H groups in total. The molecule has 0 fully saturated rings. The zero-order valence-electron chi connectivity index (χ0n) is 25.3. The first-order valence-electron chi connectivity index (χ1n) is 15.8. The predicted octanol–water partition coefficient (Wildman–Crippen LogP) is 10.9. The van der Waals surface area contributed by atoms with E-state index < -0.39 is 0 Å². The maximum atomic E-state index is 5.22. The number of pyridine rings is 3. The molecule has 4 nitrogen and oxygen atoms in total. The van der Waals surface area contributed by atoms with Gasteiger partial charge in [0.1, 0.15) is 0 Å². The van der Waals surface area contributed by atoms with Gasteiger partial charge in [0.05, 0.1) is 34.3 Å². The quantitative estimate of drug-likeness (QED) is 0.189. The van der Waals surface area contributed by atoms with E-state index in [4.69, 9.17) is 9.97 Å². The lowest BCUT2D eigenvalue weighted by Gasteiger charge is -2.16. The topological polar surface area (TPSA) is 43.6 Å². The van der Waals surface area contributed by atoms with Crippen molar-refractivity contribution in [1.82, 2.24) is 19.5 Å². The second-order valence-electron chi connectivity index (χ2n) is 12.1. The zero-order valence-corrected chi connectivity index (χ0v) is 25.3. The molecule has 0 bridgehead atoms. The average Bonchev–Trinajstić information content (AvgIpc) is 3.48. The van der Waals surface area contributed by atoms with Crippen LogP contribution in [-0.4, -0.2) is 19.5 Å². The van der Waals surface area contributed by atoms with E-state index in [-0.39, 0.29) is 0 Å².